The normalized spacial score (nSPS) is 21.4. The smallest absolute Gasteiger partial charge is 0.249 e. The van der Waals surface area contributed by atoms with Crippen LogP contribution in [0.4, 0.5) is 4.39 Å². The Hall–Kier alpha value is -3.22. The van der Waals surface area contributed by atoms with Gasteiger partial charge in [0.05, 0.1) is 0 Å². The first-order chi connectivity index (χ1) is 16.2. The molecule has 4 rings (SSSR count). The minimum Gasteiger partial charge on any atom is -0.347 e. The number of nitrogens with one attached hydrogen (secondary N) is 1. The van der Waals surface area contributed by atoms with E-state index in [0.717, 1.165) is 0 Å². The third-order valence-corrected chi connectivity index (χ3v) is 6.84. The molecule has 0 radical (unpaired) electrons. The Balaban J connectivity index is 1.75. The van der Waals surface area contributed by atoms with E-state index < -0.39 is 23.9 Å². The minimum atomic E-state index is -1.01. The molecule has 0 unspecified atom stereocenters. The highest BCUT2D eigenvalue weighted by Crippen LogP contribution is 2.35. The number of fused-ring (bicyclic) bond motifs is 1. The van der Waals surface area contributed by atoms with Crippen LogP contribution >= 0.6 is 0 Å². The fourth-order valence-electron chi connectivity index (χ4n) is 5.19. The number of amides is 3. The van der Waals surface area contributed by atoms with Crippen molar-refractivity contribution < 1.29 is 18.8 Å². The molecule has 34 heavy (non-hydrogen) atoms. The monoisotopic (exact) mass is 465 g/mol. The van der Waals surface area contributed by atoms with E-state index in [0.29, 0.717) is 24.8 Å². The van der Waals surface area contributed by atoms with Crippen molar-refractivity contribution >= 4 is 17.7 Å². The van der Waals surface area contributed by atoms with E-state index in [2.05, 4.69) is 17.4 Å². The maximum Gasteiger partial charge on any atom is 0.249 e. The summed E-state index contributed by atoms with van der Waals surface area (Å²) in [6, 6.07) is 11.2. The predicted molar refractivity (Wildman–Crippen MR) is 127 cm³/mol. The van der Waals surface area contributed by atoms with Gasteiger partial charge in [0.25, 0.3) is 0 Å². The maximum absolute atomic E-state index is 14.1. The lowest BCUT2D eigenvalue weighted by Gasteiger charge is -2.45. The van der Waals surface area contributed by atoms with Crippen LogP contribution in [0.25, 0.3) is 0 Å². The second-order valence-electron chi connectivity index (χ2n) is 10.0. The van der Waals surface area contributed by atoms with Gasteiger partial charge in [-0.2, -0.15) is 0 Å². The minimum absolute atomic E-state index is 0.0836. The summed E-state index contributed by atoms with van der Waals surface area (Å²) in [6.45, 7) is 3.96. The average molecular weight is 466 g/mol. The molecule has 0 bridgehead atoms. The van der Waals surface area contributed by atoms with Gasteiger partial charge in [-0.05, 0) is 59.9 Å². The molecule has 3 atom stereocenters. The molecular weight excluding hydrogens is 433 g/mol. The van der Waals surface area contributed by atoms with Crippen molar-refractivity contribution in [1.82, 2.24) is 15.1 Å². The van der Waals surface area contributed by atoms with E-state index in [9.17, 15) is 18.8 Å². The van der Waals surface area contributed by atoms with Gasteiger partial charge in [0.2, 0.25) is 17.7 Å². The molecule has 1 saturated heterocycles. The molecule has 1 aliphatic carbocycles. The third-order valence-electron chi connectivity index (χ3n) is 6.84. The first-order valence-electron chi connectivity index (χ1n) is 11.8. The van der Waals surface area contributed by atoms with Gasteiger partial charge in [0.1, 0.15) is 23.9 Å². The summed E-state index contributed by atoms with van der Waals surface area (Å²) < 4.78 is 13.7. The van der Waals surface area contributed by atoms with Gasteiger partial charge < -0.3 is 15.1 Å². The van der Waals surface area contributed by atoms with Gasteiger partial charge in [-0.1, -0.05) is 50.2 Å². The molecule has 1 fully saturated rings. The zero-order valence-electron chi connectivity index (χ0n) is 20.1. The summed E-state index contributed by atoms with van der Waals surface area (Å²) in [5.74, 6) is -1.21. The molecule has 180 valence electrons. The Kier molecular flexibility index (Phi) is 6.73. The average Bonchev–Trinajstić information content (AvgIpc) is 3.22. The number of piperazine rings is 1. The fraction of sp³-hybridized carbons (Fsp3) is 0.444. The van der Waals surface area contributed by atoms with E-state index >= 15 is 0 Å². The maximum atomic E-state index is 14.1. The summed E-state index contributed by atoms with van der Waals surface area (Å²) in [4.78, 5) is 43.8. The summed E-state index contributed by atoms with van der Waals surface area (Å²) in [6.07, 6.45) is 1.81. The van der Waals surface area contributed by atoms with E-state index in [1.165, 1.54) is 45.2 Å². The molecule has 3 amide bonds. The van der Waals surface area contributed by atoms with Crippen molar-refractivity contribution in [1.29, 1.82) is 0 Å². The van der Waals surface area contributed by atoms with Crippen LogP contribution in [0.3, 0.4) is 0 Å². The zero-order chi connectivity index (χ0) is 24.6. The first-order valence-corrected chi connectivity index (χ1v) is 11.8. The molecule has 2 aromatic carbocycles. The number of carbonyl (C=O) groups is 3. The second kappa shape index (κ2) is 9.57. The molecule has 6 nitrogen and oxygen atoms in total. The van der Waals surface area contributed by atoms with Crippen LogP contribution in [0, 0.1) is 17.7 Å². The standard InChI is InChI=1S/C27H32FN3O3/c1-16(2)13-22-25(32)29-23(20-14-18-7-5-6-8-19(18)15-20)26(33)31(22)24(27(34)30(3)4)17-9-11-21(28)12-10-17/h5-12,16,20,22-24H,13-15H2,1-4H3,(H,29,32)/t22-,23-,24-/m1/s1. The lowest BCUT2D eigenvalue weighted by Crippen LogP contribution is -2.67. The van der Waals surface area contributed by atoms with Crippen molar-refractivity contribution in [3.8, 4) is 0 Å². The Morgan fingerprint density at radius 3 is 2.18 bits per heavy atom. The quantitative estimate of drug-likeness (QED) is 0.713. The Morgan fingerprint density at radius 1 is 1.06 bits per heavy atom. The molecule has 1 aliphatic heterocycles. The van der Waals surface area contributed by atoms with Crippen LogP contribution in [-0.2, 0) is 27.2 Å². The fourth-order valence-corrected chi connectivity index (χ4v) is 5.19. The van der Waals surface area contributed by atoms with Gasteiger partial charge in [-0.15, -0.1) is 0 Å². The Labute approximate surface area is 200 Å². The third kappa shape index (κ3) is 4.56. The van der Waals surface area contributed by atoms with Crippen molar-refractivity contribution in [2.45, 2.75) is 51.2 Å². The van der Waals surface area contributed by atoms with Crippen LogP contribution < -0.4 is 5.32 Å². The number of benzene rings is 2. The van der Waals surface area contributed by atoms with Gasteiger partial charge >= 0.3 is 0 Å². The van der Waals surface area contributed by atoms with Crippen LogP contribution in [-0.4, -0.2) is 53.7 Å². The van der Waals surface area contributed by atoms with Crippen molar-refractivity contribution in [2.24, 2.45) is 11.8 Å². The van der Waals surface area contributed by atoms with E-state index in [1.54, 1.807) is 14.1 Å². The zero-order valence-corrected chi connectivity index (χ0v) is 20.1. The Bertz CT molecular complexity index is 1060. The number of nitrogens with zero attached hydrogens (tertiary/aromatic N) is 2. The lowest BCUT2D eigenvalue weighted by molar-refractivity contribution is -0.159. The number of hydrogen-bond acceptors (Lipinski definition) is 3. The van der Waals surface area contributed by atoms with Gasteiger partial charge in [0, 0.05) is 14.1 Å². The molecule has 1 heterocycles. The highest BCUT2D eigenvalue weighted by atomic mass is 19.1. The predicted octanol–water partition coefficient (Wildman–Crippen LogP) is 3.11. The highest BCUT2D eigenvalue weighted by molar-refractivity contribution is 6.00. The van der Waals surface area contributed by atoms with Crippen LogP contribution in [0.1, 0.15) is 43.0 Å². The summed E-state index contributed by atoms with van der Waals surface area (Å²) >= 11 is 0. The lowest BCUT2D eigenvalue weighted by atomic mass is 9.88. The first kappa shape index (κ1) is 23.9. The van der Waals surface area contributed by atoms with Gasteiger partial charge in [-0.25, -0.2) is 4.39 Å². The molecule has 2 aromatic rings. The molecule has 0 spiro atoms. The van der Waals surface area contributed by atoms with Gasteiger partial charge in [0.15, 0.2) is 0 Å². The number of halogens is 1. The van der Waals surface area contributed by atoms with E-state index in [-0.39, 0.29) is 29.6 Å². The van der Waals surface area contributed by atoms with Crippen molar-refractivity contribution in [3.05, 3.63) is 71.0 Å². The Morgan fingerprint density at radius 2 is 1.65 bits per heavy atom. The van der Waals surface area contributed by atoms with Crippen LogP contribution in [0.2, 0.25) is 0 Å². The topological polar surface area (TPSA) is 69.7 Å². The second-order valence-corrected chi connectivity index (χ2v) is 10.0. The summed E-state index contributed by atoms with van der Waals surface area (Å²) in [7, 11) is 3.24. The van der Waals surface area contributed by atoms with E-state index in [4.69, 9.17) is 0 Å². The molecule has 0 aromatic heterocycles. The molecule has 0 saturated carbocycles. The molecule has 2 aliphatic rings. The molecule has 1 N–H and O–H groups in total. The van der Waals surface area contributed by atoms with Crippen LogP contribution in [0.15, 0.2) is 48.5 Å². The largest absolute Gasteiger partial charge is 0.347 e. The van der Waals surface area contributed by atoms with E-state index in [1.807, 2.05) is 26.0 Å². The molecular formula is C27H32FN3O3. The SMILES string of the molecule is CC(C)C[C@@H]1C(=O)N[C@H](C2Cc3ccccc3C2)C(=O)N1[C@@H](C(=O)N(C)C)c1ccc(F)cc1. The number of rotatable bonds is 6. The number of likely N-dealkylation sites (N-methyl/N-ethyl adjacent to an activating group) is 1. The highest BCUT2D eigenvalue weighted by Gasteiger charge is 2.49. The number of hydrogen-bond donors (Lipinski definition) is 1. The van der Waals surface area contributed by atoms with Gasteiger partial charge in [-0.3, -0.25) is 14.4 Å². The summed E-state index contributed by atoms with van der Waals surface area (Å²) in [5, 5.41) is 3.00. The van der Waals surface area contributed by atoms with Crippen molar-refractivity contribution in [3.63, 3.8) is 0 Å². The van der Waals surface area contributed by atoms with Crippen LogP contribution in [0.5, 0.6) is 0 Å². The molecule has 7 heteroatoms. The summed E-state index contributed by atoms with van der Waals surface area (Å²) in [5.41, 5.74) is 2.86. The number of carbonyl (C=O) groups excluding carboxylic acids is 3. The van der Waals surface area contributed by atoms with Crippen molar-refractivity contribution in [2.75, 3.05) is 14.1 Å².